The van der Waals surface area contributed by atoms with E-state index in [4.69, 9.17) is 18.6 Å². The Morgan fingerprint density at radius 1 is 0.966 bits per heavy atom. The van der Waals surface area contributed by atoms with E-state index in [1.807, 2.05) is 6.07 Å². The number of carbonyl (C=O) groups excluding carboxylic acids is 1. The third-order valence-electron chi connectivity index (χ3n) is 4.95. The molecular formula is C23H20O6. The second-order valence-corrected chi connectivity index (χ2v) is 6.76. The molecule has 6 nitrogen and oxygen atoms in total. The molecule has 2 aromatic carbocycles. The molecule has 0 unspecified atom stereocenters. The molecule has 0 amide bonds. The van der Waals surface area contributed by atoms with Crippen LogP contribution in [0.15, 0.2) is 51.7 Å². The van der Waals surface area contributed by atoms with Crippen molar-refractivity contribution in [3.05, 3.63) is 69.6 Å². The molecule has 6 heteroatoms. The molecule has 3 aromatic rings. The monoisotopic (exact) mass is 392 g/mol. The number of esters is 1. The van der Waals surface area contributed by atoms with E-state index in [0.717, 1.165) is 41.3 Å². The molecule has 1 aliphatic carbocycles. The second-order valence-electron chi connectivity index (χ2n) is 6.76. The van der Waals surface area contributed by atoms with Crippen LogP contribution in [0.5, 0.6) is 17.2 Å². The van der Waals surface area contributed by atoms with E-state index in [-0.39, 0.29) is 5.63 Å². The number of benzene rings is 2. The van der Waals surface area contributed by atoms with Gasteiger partial charge < -0.3 is 18.6 Å². The van der Waals surface area contributed by atoms with Gasteiger partial charge in [0.1, 0.15) is 22.8 Å². The van der Waals surface area contributed by atoms with Crippen LogP contribution in [-0.4, -0.2) is 20.2 Å². The molecule has 1 aliphatic rings. The summed E-state index contributed by atoms with van der Waals surface area (Å²) < 4.78 is 21.2. The maximum Gasteiger partial charge on any atom is 0.339 e. The molecule has 4 rings (SSSR count). The van der Waals surface area contributed by atoms with E-state index in [1.54, 1.807) is 50.6 Å². The average molecular weight is 392 g/mol. The van der Waals surface area contributed by atoms with E-state index < -0.39 is 5.97 Å². The highest BCUT2D eigenvalue weighted by Crippen LogP contribution is 2.29. The van der Waals surface area contributed by atoms with Crippen LogP contribution in [-0.2, 0) is 17.6 Å². The summed E-state index contributed by atoms with van der Waals surface area (Å²) in [7, 11) is 3.12. The van der Waals surface area contributed by atoms with E-state index in [2.05, 4.69) is 0 Å². The molecule has 29 heavy (non-hydrogen) atoms. The fourth-order valence-electron chi connectivity index (χ4n) is 3.57. The number of ether oxygens (including phenoxy) is 3. The minimum Gasteiger partial charge on any atom is -0.497 e. The largest absolute Gasteiger partial charge is 0.497 e. The number of hydrogen-bond donors (Lipinski definition) is 0. The number of aryl methyl sites for hydroxylation is 1. The molecule has 1 aromatic heterocycles. The van der Waals surface area contributed by atoms with E-state index >= 15 is 0 Å². The topological polar surface area (TPSA) is 75.0 Å². The summed E-state index contributed by atoms with van der Waals surface area (Å²) in [6, 6.07) is 10.4. The zero-order valence-electron chi connectivity index (χ0n) is 16.2. The molecule has 1 heterocycles. The molecular weight excluding hydrogens is 372 g/mol. The van der Waals surface area contributed by atoms with E-state index in [0.29, 0.717) is 22.8 Å². The maximum absolute atomic E-state index is 12.2. The standard InChI is InChI=1S/C23H20O6/c1-26-16-10-14(11-17(12-16)27-2)6-9-22(24)28-15-7-8-19-18-4-3-5-20(18)23(25)29-21(19)13-15/h6-13H,3-5H2,1-2H3/b9-6+. The lowest BCUT2D eigenvalue weighted by Crippen LogP contribution is -2.07. The third kappa shape index (κ3) is 3.87. The lowest BCUT2D eigenvalue weighted by Gasteiger charge is -2.07. The Morgan fingerprint density at radius 3 is 2.41 bits per heavy atom. The Kier molecular flexibility index (Phi) is 5.08. The maximum atomic E-state index is 12.2. The van der Waals surface area contributed by atoms with Crippen molar-refractivity contribution in [2.75, 3.05) is 14.2 Å². The first-order chi connectivity index (χ1) is 14.1. The predicted molar refractivity (Wildman–Crippen MR) is 109 cm³/mol. The first kappa shape index (κ1) is 18.8. The average Bonchev–Trinajstić information content (AvgIpc) is 3.22. The van der Waals surface area contributed by atoms with Crippen LogP contribution in [0.1, 0.15) is 23.1 Å². The van der Waals surface area contributed by atoms with Crippen molar-refractivity contribution >= 4 is 23.0 Å². The van der Waals surface area contributed by atoms with Gasteiger partial charge in [0.25, 0.3) is 0 Å². The Bertz CT molecular complexity index is 1150. The molecule has 0 saturated heterocycles. The van der Waals surface area contributed by atoms with Gasteiger partial charge >= 0.3 is 11.6 Å². The van der Waals surface area contributed by atoms with Gasteiger partial charge in [-0.3, -0.25) is 0 Å². The molecule has 148 valence electrons. The van der Waals surface area contributed by atoms with Gasteiger partial charge in [0.05, 0.1) is 14.2 Å². The molecule has 0 fully saturated rings. The third-order valence-corrected chi connectivity index (χ3v) is 4.95. The summed E-state index contributed by atoms with van der Waals surface area (Å²) in [5, 5.41) is 0.899. The highest BCUT2D eigenvalue weighted by molar-refractivity contribution is 5.90. The van der Waals surface area contributed by atoms with Gasteiger partial charge in [0.2, 0.25) is 0 Å². The number of methoxy groups -OCH3 is 2. The van der Waals surface area contributed by atoms with Gasteiger partial charge in [-0.15, -0.1) is 0 Å². The first-order valence-corrected chi connectivity index (χ1v) is 9.29. The highest BCUT2D eigenvalue weighted by Gasteiger charge is 2.19. The van der Waals surface area contributed by atoms with Crippen molar-refractivity contribution in [2.24, 2.45) is 0 Å². The van der Waals surface area contributed by atoms with Crippen LogP contribution < -0.4 is 19.8 Å². The van der Waals surface area contributed by atoms with Crippen molar-refractivity contribution in [1.29, 1.82) is 0 Å². The lowest BCUT2D eigenvalue weighted by molar-refractivity contribution is -0.128. The fourth-order valence-corrected chi connectivity index (χ4v) is 3.57. The Hall–Kier alpha value is -3.54. The SMILES string of the molecule is COc1cc(/C=C/C(=O)Oc2ccc3c4c(c(=O)oc3c2)CCC4)cc(OC)c1. The fraction of sp³-hybridized carbons (Fsp3) is 0.217. The van der Waals surface area contributed by atoms with Crippen LogP contribution in [0.2, 0.25) is 0 Å². The van der Waals surface area contributed by atoms with E-state index in [1.165, 1.54) is 6.08 Å². The summed E-state index contributed by atoms with van der Waals surface area (Å²) in [5.74, 6) is 1.01. The Balaban J connectivity index is 1.54. The summed E-state index contributed by atoms with van der Waals surface area (Å²) in [5.41, 5.74) is 2.67. The van der Waals surface area contributed by atoms with Crippen LogP contribution in [0.3, 0.4) is 0 Å². The van der Waals surface area contributed by atoms with Gasteiger partial charge in [-0.25, -0.2) is 9.59 Å². The molecule has 0 spiro atoms. The van der Waals surface area contributed by atoms with Gasteiger partial charge in [-0.2, -0.15) is 0 Å². The molecule has 0 atom stereocenters. The van der Waals surface area contributed by atoms with Gasteiger partial charge in [0, 0.05) is 29.2 Å². The zero-order chi connectivity index (χ0) is 20.4. The number of carbonyl (C=O) groups is 1. The summed E-state index contributed by atoms with van der Waals surface area (Å²) in [6.45, 7) is 0. The molecule has 0 N–H and O–H groups in total. The molecule has 0 bridgehead atoms. The Labute approximate surface area is 167 Å². The predicted octanol–water partition coefficient (Wildman–Crippen LogP) is 3.92. The minimum absolute atomic E-state index is 0.305. The van der Waals surface area contributed by atoms with Gasteiger partial charge in [-0.1, -0.05) is 0 Å². The van der Waals surface area contributed by atoms with Crippen molar-refractivity contribution in [3.63, 3.8) is 0 Å². The smallest absolute Gasteiger partial charge is 0.339 e. The highest BCUT2D eigenvalue weighted by atomic mass is 16.5. The normalized spacial score (nSPS) is 12.9. The van der Waals surface area contributed by atoms with Crippen LogP contribution in [0, 0.1) is 0 Å². The number of fused-ring (bicyclic) bond motifs is 3. The summed E-state index contributed by atoms with van der Waals surface area (Å²) >= 11 is 0. The quantitative estimate of drug-likeness (QED) is 0.284. The summed E-state index contributed by atoms with van der Waals surface area (Å²) in [4.78, 5) is 24.3. The molecule has 0 radical (unpaired) electrons. The Morgan fingerprint density at radius 2 is 1.69 bits per heavy atom. The first-order valence-electron chi connectivity index (χ1n) is 9.29. The van der Waals surface area contributed by atoms with E-state index in [9.17, 15) is 9.59 Å². The van der Waals surface area contributed by atoms with Crippen molar-refractivity contribution in [3.8, 4) is 17.2 Å². The van der Waals surface area contributed by atoms with Gasteiger partial charge in [-0.05, 0) is 60.7 Å². The summed E-state index contributed by atoms with van der Waals surface area (Å²) in [6.07, 6.45) is 5.50. The second kappa shape index (κ2) is 7.83. The van der Waals surface area contributed by atoms with Crippen LogP contribution in [0.4, 0.5) is 0 Å². The van der Waals surface area contributed by atoms with Crippen LogP contribution >= 0.6 is 0 Å². The lowest BCUT2D eigenvalue weighted by atomic mass is 10.1. The molecule has 0 aliphatic heterocycles. The molecule has 0 saturated carbocycles. The number of hydrogen-bond acceptors (Lipinski definition) is 6. The van der Waals surface area contributed by atoms with Gasteiger partial charge in [0.15, 0.2) is 0 Å². The van der Waals surface area contributed by atoms with Crippen LogP contribution in [0.25, 0.3) is 17.0 Å². The van der Waals surface area contributed by atoms with Crippen molar-refractivity contribution < 1.29 is 23.4 Å². The minimum atomic E-state index is -0.547. The van der Waals surface area contributed by atoms with Crippen molar-refractivity contribution in [1.82, 2.24) is 0 Å². The number of rotatable bonds is 5. The zero-order valence-corrected chi connectivity index (χ0v) is 16.2. The van der Waals surface area contributed by atoms with Crippen molar-refractivity contribution in [2.45, 2.75) is 19.3 Å².